The number of benzene rings is 2. The van der Waals surface area contributed by atoms with E-state index in [2.05, 4.69) is 18.0 Å². The van der Waals surface area contributed by atoms with Crippen molar-refractivity contribution >= 4 is 34.7 Å². The van der Waals surface area contributed by atoms with Crippen LogP contribution in [0.1, 0.15) is 17.4 Å². The maximum Gasteiger partial charge on any atom is 0.277 e. The molecule has 1 aliphatic heterocycles. The topological polar surface area (TPSA) is 42.4 Å². The summed E-state index contributed by atoms with van der Waals surface area (Å²) in [6, 6.07) is 15.9. The minimum Gasteiger partial charge on any atom is -0.496 e. The Hall–Kier alpha value is -2.31. The Morgan fingerprint density at radius 2 is 1.96 bits per heavy atom. The van der Waals surface area contributed by atoms with Gasteiger partial charge in [-0.25, -0.2) is 4.98 Å². The largest absolute Gasteiger partial charge is 0.496 e. The van der Waals surface area contributed by atoms with Crippen LogP contribution in [0.4, 0.5) is 5.69 Å². The number of amides is 1. The van der Waals surface area contributed by atoms with Crippen molar-refractivity contribution in [2.75, 3.05) is 24.3 Å². The van der Waals surface area contributed by atoms with Crippen molar-refractivity contribution in [2.24, 2.45) is 5.92 Å². The standard InChI is InChI=1S/C21H20N2O2S2/c1-14-11-23(17-8-4-6-10-19(17)26-12-14)21(24)16-13-27-20(22-16)15-7-3-5-9-18(15)25-2/h3-10,13-14H,11-12H2,1-2H3/t14-/m0/s1. The number of thioether (sulfide) groups is 1. The van der Waals surface area contributed by atoms with E-state index >= 15 is 0 Å². The molecular formula is C21H20N2O2S2. The third kappa shape index (κ3) is 3.59. The second kappa shape index (κ2) is 7.74. The van der Waals surface area contributed by atoms with Crippen LogP contribution >= 0.6 is 23.1 Å². The molecule has 6 heteroatoms. The maximum atomic E-state index is 13.3. The number of fused-ring (bicyclic) bond motifs is 1. The summed E-state index contributed by atoms with van der Waals surface area (Å²) >= 11 is 3.28. The zero-order valence-corrected chi connectivity index (χ0v) is 16.8. The molecule has 138 valence electrons. The Morgan fingerprint density at radius 1 is 1.19 bits per heavy atom. The van der Waals surface area contributed by atoms with E-state index in [0.717, 1.165) is 32.7 Å². The summed E-state index contributed by atoms with van der Waals surface area (Å²) in [5.41, 5.74) is 2.36. The van der Waals surface area contributed by atoms with Gasteiger partial charge in [-0.2, -0.15) is 0 Å². The van der Waals surface area contributed by atoms with E-state index in [-0.39, 0.29) is 5.91 Å². The molecule has 2 aromatic carbocycles. The lowest BCUT2D eigenvalue weighted by molar-refractivity contribution is 0.0980. The Kier molecular flexibility index (Phi) is 5.18. The van der Waals surface area contributed by atoms with Crippen LogP contribution in [0.15, 0.2) is 58.8 Å². The monoisotopic (exact) mass is 396 g/mol. The quantitative estimate of drug-likeness (QED) is 0.610. The summed E-state index contributed by atoms with van der Waals surface area (Å²) in [4.78, 5) is 20.9. The van der Waals surface area contributed by atoms with Gasteiger partial charge in [-0.15, -0.1) is 23.1 Å². The first-order valence-corrected chi connectivity index (χ1v) is 10.7. The van der Waals surface area contributed by atoms with Crippen molar-refractivity contribution in [1.29, 1.82) is 0 Å². The number of anilines is 1. The van der Waals surface area contributed by atoms with Crippen molar-refractivity contribution in [2.45, 2.75) is 11.8 Å². The van der Waals surface area contributed by atoms with Crippen LogP contribution < -0.4 is 9.64 Å². The number of carbonyl (C=O) groups excluding carboxylic acids is 1. The predicted octanol–water partition coefficient (Wildman–Crippen LogP) is 5.21. The van der Waals surface area contributed by atoms with Gasteiger partial charge in [-0.05, 0) is 30.2 Å². The second-order valence-corrected chi connectivity index (χ2v) is 8.46. The minimum atomic E-state index is -0.0470. The Labute approximate surface area is 167 Å². The summed E-state index contributed by atoms with van der Waals surface area (Å²) in [5, 5.41) is 2.64. The lowest BCUT2D eigenvalue weighted by Crippen LogP contribution is -2.34. The van der Waals surface area contributed by atoms with Gasteiger partial charge < -0.3 is 9.64 Å². The first kappa shape index (κ1) is 18.1. The van der Waals surface area contributed by atoms with Gasteiger partial charge in [0.2, 0.25) is 0 Å². The number of hydrogen-bond donors (Lipinski definition) is 0. The molecule has 1 aromatic heterocycles. The first-order valence-electron chi connectivity index (χ1n) is 8.80. The van der Waals surface area contributed by atoms with Gasteiger partial charge in [-0.1, -0.05) is 31.2 Å². The fraction of sp³-hybridized carbons (Fsp3) is 0.238. The average molecular weight is 397 g/mol. The number of nitrogens with zero attached hydrogens (tertiary/aromatic N) is 2. The molecule has 0 saturated carbocycles. The third-order valence-electron chi connectivity index (χ3n) is 4.48. The number of rotatable bonds is 3. The molecule has 1 aliphatic rings. The Morgan fingerprint density at radius 3 is 2.81 bits per heavy atom. The predicted molar refractivity (Wildman–Crippen MR) is 112 cm³/mol. The molecule has 4 rings (SSSR count). The molecule has 0 radical (unpaired) electrons. The molecule has 3 aromatic rings. The second-order valence-electron chi connectivity index (χ2n) is 6.54. The molecule has 2 heterocycles. The molecule has 0 bridgehead atoms. The molecule has 0 N–H and O–H groups in total. The van der Waals surface area contributed by atoms with E-state index in [4.69, 9.17) is 4.74 Å². The Bertz CT molecular complexity index is 970. The lowest BCUT2D eigenvalue weighted by Gasteiger charge is -2.23. The molecular weight excluding hydrogens is 376 g/mol. The smallest absolute Gasteiger partial charge is 0.277 e. The van der Waals surface area contributed by atoms with E-state index in [1.165, 1.54) is 11.3 Å². The van der Waals surface area contributed by atoms with E-state index in [1.54, 1.807) is 7.11 Å². The lowest BCUT2D eigenvalue weighted by atomic mass is 10.1. The average Bonchev–Trinajstić information content (AvgIpc) is 3.13. The number of para-hydroxylation sites is 2. The van der Waals surface area contributed by atoms with Crippen molar-refractivity contribution in [3.63, 3.8) is 0 Å². The highest BCUT2D eigenvalue weighted by molar-refractivity contribution is 7.99. The third-order valence-corrected chi connectivity index (χ3v) is 6.75. The van der Waals surface area contributed by atoms with Gasteiger partial charge in [0.25, 0.3) is 5.91 Å². The van der Waals surface area contributed by atoms with Crippen molar-refractivity contribution < 1.29 is 9.53 Å². The van der Waals surface area contributed by atoms with Gasteiger partial charge in [0.1, 0.15) is 16.5 Å². The molecule has 1 amide bonds. The highest BCUT2D eigenvalue weighted by Gasteiger charge is 2.27. The molecule has 0 fully saturated rings. The highest BCUT2D eigenvalue weighted by atomic mass is 32.2. The van der Waals surface area contributed by atoms with Crippen molar-refractivity contribution in [3.8, 4) is 16.3 Å². The minimum absolute atomic E-state index is 0.0470. The fourth-order valence-electron chi connectivity index (χ4n) is 3.14. The summed E-state index contributed by atoms with van der Waals surface area (Å²) in [6.07, 6.45) is 0. The summed E-state index contributed by atoms with van der Waals surface area (Å²) in [7, 11) is 1.64. The zero-order chi connectivity index (χ0) is 18.8. The van der Waals surface area contributed by atoms with Crippen LogP contribution in [0.5, 0.6) is 5.75 Å². The molecule has 27 heavy (non-hydrogen) atoms. The molecule has 0 saturated heterocycles. The first-order chi connectivity index (χ1) is 13.2. The van der Waals surface area contributed by atoms with Crippen LogP contribution in [-0.2, 0) is 0 Å². The normalized spacial score (nSPS) is 16.5. The van der Waals surface area contributed by atoms with Crippen LogP contribution in [0.3, 0.4) is 0 Å². The fourth-order valence-corrected chi connectivity index (χ4v) is 5.04. The van der Waals surface area contributed by atoms with Gasteiger partial charge in [0.15, 0.2) is 0 Å². The van der Waals surface area contributed by atoms with Crippen LogP contribution in [0, 0.1) is 5.92 Å². The van der Waals surface area contributed by atoms with Gasteiger partial charge in [0, 0.05) is 22.6 Å². The number of carbonyl (C=O) groups is 1. The maximum absolute atomic E-state index is 13.3. The summed E-state index contributed by atoms with van der Waals surface area (Å²) in [6.45, 7) is 2.88. The zero-order valence-electron chi connectivity index (χ0n) is 15.2. The molecule has 0 aliphatic carbocycles. The van der Waals surface area contributed by atoms with E-state index in [9.17, 15) is 4.79 Å². The van der Waals surface area contributed by atoms with Crippen LogP contribution in [0.25, 0.3) is 10.6 Å². The SMILES string of the molecule is COc1ccccc1-c1nc(C(=O)N2C[C@H](C)CSc3ccccc32)cs1. The van der Waals surface area contributed by atoms with Gasteiger partial charge >= 0.3 is 0 Å². The van der Waals surface area contributed by atoms with E-state index in [0.29, 0.717) is 18.2 Å². The number of aromatic nitrogens is 1. The number of ether oxygens (including phenoxy) is 1. The van der Waals surface area contributed by atoms with Gasteiger partial charge in [-0.3, -0.25) is 4.79 Å². The number of thiazole rings is 1. The molecule has 4 nitrogen and oxygen atoms in total. The van der Waals surface area contributed by atoms with Crippen molar-refractivity contribution in [3.05, 3.63) is 59.6 Å². The number of hydrogen-bond acceptors (Lipinski definition) is 5. The molecule has 1 atom stereocenters. The summed E-state index contributed by atoms with van der Waals surface area (Å²) < 4.78 is 5.43. The van der Waals surface area contributed by atoms with Crippen LogP contribution in [-0.4, -0.2) is 30.3 Å². The van der Waals surface area contributed by atoms with E-state index < -0.39 is 0 Å². The summed E-state index contributed by atoms with van der Waals surface area (Å²) in [5.74, 6) is 2.13. The number of methoxy groups -OCH3 is 1. The Balaban J connectivity index is 1.68. The van der Waals surface area contributed by atoms with Crippen molar-refractivity contribution in [1.82, 2.24) is 4.98 Å². The van der Waals surface area contributed by atoms with Gasteiger partial charge in [0.05, 0.1) is 18.4 Å². The molecule has 0 spiro atoms. The van der Waals surface area contributed by atoms with Crippen LogP contribution in [0.2, 0.25) is 0 Å². The highest BCUT2D eigenvalue weighted by Crippen LogP contribution is 2.37. The van der Waals surface area contributed by atoms with E-state index in [1.807, 2.05) is 64.5 Å². The molecule has 0 unspecified atom stereocenters.